The Bertz CT molecular complexity index is 175. The first kappa shape index (κ1) is 12.0. The topological polar surface area (TPSA) is 29.3 Å². The summed E-state index contributed by atoms with van der Waals surface area (Å²) in [6.45, 7) is 11.6. The molecular weight excluding hydrogens is 172 g/mol. The molecule has 1 rings (SSSR count). The van der Waals surface area contributed by atoms with Crippen LogP contribution < -0.4 is 5.73 Å². The van der Waals surface area contributed by atoms with Gasteiger partial charge in [0.05, 0.1) is 0 Å². The van der Waals surface area contributed by atoms with E-state index in [1.165, 1.54) is 25.9 Å². The molecule has 0 saturated carbocycles. The van der Waals surface area contributed by atoms with E-state index in [-0.39, 0.29) is 0 Å². The summed E-state index contributed by atoms with van der Waals surface area (Å²) in [6.07, 6.45) is 3.65. The minimum Gasteiger partial charge on any atom is -0.327 e. The minimum atomic E-state index is 0.397. The van der Waals surface area contributed by atoms with Crippen LogP contribution in [0.5, 0.6) is 0 Å². The molecule has 1 aliphatic heterocycles. The number of nitrogens with two attached hydrogens (primary N) is 1. The Morgan fingerprint density at radius 3 is 2.36 bits per heavy atom. The van der Waals surface area contributed by atoms with Gasteiger partial charge in [-0.15, -0.1) is 0 Å². The van der Waals surface area contributed by atoms with Crippen molar-refractivity contribution >= 4 is 0 Å². The molecule has 1 aliphatic rings. The van der Waals surface area contributed by atoms with Crippen LogP contribution in [0.3, 0.4) is 0 Å². The molecule has 2 atom stereocenters. The maximum atomic E-state index is 6.04. The first-order valence-corrected chi connectivity index (χ1v) is 6.04. The highest BCUT2D eigenvalue weighted by molar-refractivity contribution is 4.90. The molecule has 0 aliphatic carbocycles. The van der Waals surface area contributed by atoms with Gasteiger partial charge in [-0.2, -0.15) is 0 Å². The van der Waals surface area contributed by atoms with Crippen LogP contribution in [0.4, 0.5) is 0 Å². The Kier molecular flexibility index (Phi) is 3.96. The van der Waals surface area contributed by atoms with Gasteiger partial charge in [-0.05, 0) is 32.1 Å². The molecule has 14 heavy (non-hydrogen) atoms. The molecule has 2 N–H and O–H groups in total. The predicted molar refractivity (Wildman–Crippen MR) is 62.3 cm³/mol. The second-order valence-corrected chi connectivity index (χ2v) is 5.08. The molecule has 1 saturated heterocycles. The number of likely N-dealkylation sites (tertiary alicyclic amines) is 1. The predicted octanol–water partition coefficient (Wildman–Crippen LogP) is 2.23. The molecule has 1 heterocycles. The number of piperidine rings is 1. The number of nitrogens with zero attached hydrogens (tertiary/aromatic N) is 1. The van der Waals surface area contributed by atoms with Crippen molar-refractivity contribution in [2.24, 2.45) is 11.7 Å². The van der Waals surface area contributed by atoms with Gasteiger partial charge >= 0.3 is 0 Å². The van der Waals surface area contributed by atoms with Crippen LogP contribution in [0, 0.1) is 5.92 Å². The quantitative estimate of drug-likeness (QED) is 0.753. The van der Waals surface area contributed by atoms with E-state index in [1.54, 1.807) is 0 Å². The first-order valence-electron chi connectivity index (χ1n) is 6.04. The van der Waals surface area contributed by atoms with Crippen molar-refractivity contribution in [3.63, 3.8) is 0 Å². The smallest absolute Gasteiger partial charge is 0.0176 e. The van der Waals surface area contributed by atoms with Gasteiger partial charge in [0.25, 0.3) is 0 Å². The summed E-state index contributed by atoms with van der Waals surface area (Å²) < 4.78 is 0. The van der Waals surface area contributed by atoms with Crippen molar-refractivity contribution in [1.29, 1.82) is 0 Å². The summed E-state index contributed by atoms with van der Waals surface area (Å²) in [5.74, 6) is 0.654. The Hall–Kier alpha value is -0.0800. The normalized spacial score (nSPS) is 30.6. The number of hydrogen-bond donors (Lipinski definition) is 1. The zero-order valence-corrected chi connectivity index (χ0v) is 10.2. The molecule has 0 aromatic carbocycles. The van der Waals surface area contributed by atoms with Gasteiger partial charge in [-0.1, -0.05) is 20.8 Å². The number of rotatable bonds is 3. The van der Waals surface area contributed by atoms with Gasteiger partial charge in [-0.25, -0.2) is 0 Å². The van der Waals surface area contributed by atoms with E-state index in [0.717, 1.165) is 6.42 Å². The van der Waals surface area contributed by atoms with Crippen LogP contribution in [0.15, 0.2) is 0 Å². The highest BCUT2D eigenvalue weighted by atomic mass is 15.2. The average molecular weight is 198 g/mol. The fourth-order valence-corrected chi connectivity index (χ4v) is 2.35. The largest absolute Gasteiger partial charge is 0.327 e. The third kappa shape index (κ3) is 2.29. The lowest BCUT2D eigenvalue weighted by atomic mass is 9.86. The Labute approximate surface area is 88.8 Å². The van der Waals surface area contributed by atoms with Gasteiger partial charge in [0.2, 0.25) is 0 Å². The molecule has 2 heteroatoms. The van der Waals surface area contributed by atoms with E-state index < -0.39 is 0 Å². The molecule has 2 unspecified atom stereocenters. The highest BCUT2D eigenvalue weighted by Gasteiger charge is 2.33. The molecule has 0 aromatic heterocycles. The molecule has 0 bridgehead atoms. The van der Waals surface area contributed by atoms with E-state index >= 15 is 0 Å². The van der Waals surface area contributed by atoms with Crippen LogP contribution in [0.25, 0.3) is 0 Å². The van der Waals surface area contributed by atoms with Crippen molar-refractivity contribution in [3.8, 4) is 0 Å². The summed E-state index contributed by atoms with van der Waals surface area (Å²) in [7, 11) is 0. The third-order valence-electron chi connectivity index (χ3n) is 4.26. The van der Waals surface area contributed by atoms with Gasteiger partial charge in [0.15, 0.2) is 0 Å². The van der Waals surface area contributed by atoms with Crippen molar-refractivity contribution in [3.05, 3.63) is 0 Å². The van der Waals surface area contributed by atoms with E-state index in [9.17, 15) is 0 Å². The van der Waals surface area contributed by atoms with Crippen LogP contribution in [0.1, 0.15) is 47.0 Å². The maximum absolute atomic E-state index is 6.04. The average Bonchev–Trinajstić information content (AvgIpc) is 2.21. The number of hydrogen-bond acceptors (Lipinski definition) is 2. The minimum absolute atomic E-state index is 0.397. The summed E-state index contributed by atoms with van der Waals surface area (Å²) in [5, 5.41) is 0. The van der Waals surface area contributed by atoms with E-state index in [2.05, 4.69) is 32.6 Å². The van der Waals surface area contributed by atoms with Gasteiger partial charge in [0, 0.05) is 24.7 Å². The SMILES string of the molecule is CCC(C)(CC)N1CCC(N)C(C)C1. The Morgan fingerprint density at radius 1 is 1.36 bits per heavy atom. The third-order valence-corrected chi connectivity index (χ3v) is 4.26. The lowest BCUT2D eigenvalue weighted by Crippen LogP contribution is -2.54. The molecule has 0 amide bonds. The molecular formula is C12H26N2. The zero-order chi connectivity index (χ0) is 10.8. The molecule has 0 aromatic rings. The van der Waals surface area contributed by atoms with Crippen LogP contribution in [0.2, 0.25) is 0 Å². The summed E-state index contributed by atoms with van der Waals surface area (Å²) >= 11 is 0. The Morgan fingerprint density at radius 2 is 1.93 bits per heavy atom. The van der Waals surface area contributed by atoms with Crippen LogP contribution in [-0.4, -0.2) is 29.6 Å². The Balaban J connectivity index is 2.61. The maximum Gasteiger partial charge on any atom is 0.0176 e. The zero-order valence-electron chi connectivity index (χ0n) is 10.2. The van der Waals surface area contributed by atoms with Crippen LogP contribution in [-0.2, 0) is 0 Å². The highest BCUT2D eigenvalue weighted by Crippen LogP contribution is 2.28. The summed E-state index contributed by atoms with van der Waals surface area (Å²) in [4.78, 5) is 2.64. The van der Waals surface area contributed by atoms with Crippen molar-refractivity contribution in [2.45, 2.75) is 58.5 Å². The fourth-order valence-electron chi connectivity index (χ4n) is 2.35. The second-order valence-electron chi connectivity index (χ2n) is 5.08. The fraction of sp³-hybridized carbons (Fsp3) is 1.00. The van der Waals surface area contributed by atoms with Crippen molar-refractivity contribution in [2.75, 3.05) is 13.1 Å². The molecule has 84 valence electrons. The van der Waals surface area contributed by atoms with Crippen molar-refractivity contribution < 1.29 is 0 Å². The summed E-state index contributed by atoms with van der Waals surface area (Å²) in [5.41, 5.74) is 6.44. The monoisotopic (exact) mass is 198 g/mol. The van der Waals surface area contributed by atoms with Gasteiger partial charge < -0.3 is 5.73 Å². The van der Waals surface area contributed by atoms with E-state index in [0.29, 0.717) is 17.5 Å². The van der Waals surface area contributed by atoms with E-state index in [4.69, 9.17) is 5.73 Å². The van der Waals surface area contributed by atoms with Crippen LogP contribution >= 0.6 is 0 Å². The summed E-state index contributed by atoms with van der Waals surface area (Å²) in [6, 6.07) is 0.421. The lowest BCUT2D eigenvalue weighted by molar-refractivity contribution is 0.0443. The molecule has 1 fully saturated rings. The van der Waals surface area contributed by atoms with Crippen molar-refractivity contribution in [1.82, 2.24) is 4.90 Å². The molecule has 0 spiro atoms. The molecule has 2 nitrogen and oxygen atoms in total. The lowest BCUT2D eigenvalue weighted by Gasteiger charge is -2.46. The van der Waals surface area contributed by atoms with Gasteiger partial charge in [-0.3, -0.25) is 4.90 Å². The van der Waals surface area contributed by atoms with E-state index in [1.807, 2.05) is 0 Å². The standard InChI is InChI=1S/C12H26N2/c1-5-12(4,6-2)14-8-7-11(13)10(3)9-14/h10-11H,5-9,13H2,1-4H3. The second kappa shape index (κ2) is 4.63. The molecule has 0 radical (unpaired) electrons. The first-order chi connectivity index (χ1) is 6.53. The van der Waals surface area contributed by atoms with Gasteiger partial charge in [0.1, 0.15) is 0 Å².